The van der Waals surface area contributed by atoms with Crippen molar-refractivity contribution in [1.29, 1.82) is 5.26 Å². The Kier molecular flexibility index (Phi) is 4.13. The van der Waals surface area contributed by atoms with E-state index in [9.17, 15) is 4.79 Å². The maximum Gasteiger partial charge on any atom is 0.269 e. The minimum Gasteiger partial charge on any atom is -0.322 e. The number of carbonyl (C=O) groups excluding carboxylic acids is 1. The van der Waals surface area contributed by atoms with Crippen LogP contribution in [-0.4, -0.2) is 10.5 Å². The quantitative estimate of drug-likeness (QED) is 0.752. The van der Waals surface area contributed by atoms with E-state index in [0.717, 1.165) is 11.0 Å². The van der Waals surface area contributed by atoms with Crippen molar-refractivity contribution in [3.8, 4) is 6.07 Å². The molecule has 118 valence electrons. The van der Waals surface area contributed by atoms with E-state index in [4.69, 9.17) is 5.26 Å². The first-order valence-corrected chi connectivity index (χ1v) is 7.58. The third kappa shape index (κ3) is 2.77. The van der Waals surface area contributed by atoms with E-state index in [1.54, 1.807) is 30.5 Å². The average molecular weight is 317 g/mol. The highest BCUT2D eigenvalue weighted by Crippen LogP contribution is 2.15. The standard InChI is InChI=1S/C19H16N4O/c1-3-22-13-23(18-10-5-4-9-17(18)22)14(2)19(24)21-16-8-6-7-15(11-16)12-20/h3-11,13-14H,1H2,2H3/p+1/t14-/m0/s1. The first kappa shape index (κ1) is 15.5. The van der Waals surface area contributed by atoms with Crippen LogP contribution in [0.25, 0.3) is 17.2 Å². The molecule has 0 aliphatic rings. The molecular weight excluding hydrogens is 300 g/mol. The van der Waals surface area contributed by atoms with E-state index in [-0.39, 0.29) is 5.91 Å². The summed E-state index contributed by atoms with van der Waals surface area (Å²) >= 11 is 0. The molecule has 5 heteroatoms. The zero-order valence-electron chi connectivity index (χ0n) is 13.3. The van der Waals surface area contributed by atoms with Gasteiger partial charge >= 0.3 is 0 Å². The lowest BCUT2D eigenvalue weighted by Gasteiger charge is -2.10. The highest BCUT2D eigenvalue weighted by Gasteiger charge is 2.24. The molecule has 0 radical (unpaired) electrons. The van der Waals surface area contributed by atoms with Crippen LogP contribution in [0.15, 0.2) is 61.4 Å². The number of nitrogens with one attached hydrogen (secondary N) is 1. The summed E-state index contributed by atoms with van der Waals surface area (Å²) in [5.41, 5.74) is 3.06. The first-order valence-electron chi connectivity index (χ1n) is 7.58. The number of rotatable bonds is 4. The lowest BCUT2D eigenvalue weighted by atomic mass is 10.2. The molecule has 0 unspecified atom stereocenters. The van der Waals surface area contributed by atoms with E-state index in [1.807, 2.05) is 46.7 Å². The van der Waals surface area contributed by atoms with Crippen LogP contribution in [0.3, 0.4) is 0 Å². The normalized spacial score (nSPS) is 11.7. The maximum absolute atomic E-state index is 12.6. The van der Waals surface area contributed by atoms with E-state index >= 15 is 0 Å². The molecule has 1 aromatic heterocycles. The van der Waals surface area contributed by atoms with Gasteiger partial charge in [-0.05, 0) is 37.3 Å². The van der Waals surface area contributed by atoms with Crippen LogP contribution in [0.4, 0.5) is 5.69 Å². The van der Waals surface area contributed by atoms with Gasteiger partial charge in [0, 0.05) is 5.69 Å². The summed E-state index contributed by atoms with van der Waals surface area (Å²) in [5, 5.41) is 11.8. The van der Waals surface area contributed by atoms with Crippen molar-refractivity contribution in [3.05, 3.63) is 67.0 Å². The first-order chi connectivity index (χ1) is 11.6. The van der Waals surface area contributed by atoms with Gasteiger partial charge in [-0.15, -0.1) is 0 Å². The second-order valence-electron chi connectivity index (χ2n) is 5.46. The van der Waals surface area contributed by atoms with Crippen LogP contribution < -0.4 is 9.88 Å². The molecule has 0 saturated carbocycles. The number of nitriles is 1. The minimum atomic E-state index is -0.415. The second kappa shape index (κ2) is 6.39. The number of para-hydroxylation sites is 2. The Morgan fingerprint density at radius 1 is 1.33 bits per heavy atom. The molecule has 0 saturated heterocycles. The van der Waals surface area contributed by atoms with Gasteiger partial charge in [0.25, 0.3) is 5.91 Å². The maximum atomic E-state index is 12.6. The third-order valence-corrected chi connectivity index (χ3v) is 3.94. The smallest absolute Gasteiger partial charge is 0.269 e. The van der Waals surface area contributed by atoms with Gasteiger partial charge in [-0.2, -0.15) is 5.26 Å². The molecular formula is C19H17N4O+. The van der Waals surface area contributed by atoms with Gasteiger partial charge in [0.15, 0.2) is 17.1 Å². The van der Waals surface area contributed by atoms with Crippen LogP contribution in [0.5, 0.6) is 0 Å². The summed E-state index contributed by atoms with van der Waals surface area (Å²) in [6.45, 7) is 5.64. The Bertz CT molecular complexity index is 965. The van der Waals surface area contributed by atoms with Crippen LogP contribution in [0.1, 0.15) is 18.5 Å². The number of carbonyl (C=O) groups is 1. The van der Waals surface area contributed by atoms with Gasteiger partial charge in [-0.1, -0.05) is 24.8 Å². The average Bonchev–Trinajstić information content (AvgIpc) is 3.00. The highest BCUT2D eigenvalue weighted by molar-refractivity contribution is 5.92. The summed E-state index contributed by atoms with van der Waals surface area (Å²) in [6, 6.07) is 16.4. The molecule has 5 nitrogen and oxygen atoms in total. The Balaban J connectivity index is 1.91. The number of imidazole rings is 1. The number of nitrogens with zero attached hydrogens (tertiary/aromatic N) is 3. The fraction of sp³-hybridized carbons (Fsp3) is 0.105. The molecule has 0 spiro atoms. The predicted molar refractivity (Wildman–Crippen MR) is 93.0 cm³/mol. The minimum absolute atomic E-state index is 0.151. The molecule has 24 heavy (non-hydrogen) atoms. The number of hydrogen-bond donors (Lipinski definition) is 1. The van der Waals surface area contributed by atoms with Crippen molar-refractivity contribution in [2.75, 3.05) is 5.32 Å². The lowest BCUT2D eigenvalue weighted by Crippen LogP contribution is -2.43. The van der Waals surface area contributed by atoms with Crippen molar-refractivity contribution in [2.45, 2.75) is 13.0 Å². The third-order valence-electron chi connectivity index (χ3n) is 3.94. The largest absolute Gasteiger partial charge is 0.322 e. The molecule has 3 aromatic rings. The fourth-order valence-corrected chi connectivity index (χ4v) is 2.65. The molecule has 1 amide bonds. The molecule has 1 N–H and O–H groups in total. The Morgan fingerprint density at radius 2 is 2.12 bits per heavy atom. The van der Waals surface area contributed by atoms with Gasteiger partial charge in [-0.3, -0.25) is 4.79 Å². The monoisotopic (exact) mass is 317 g/mol. The van der Waals surface area contributed by atoms with Crippen molar-refractivity contribution in [3.63, 3.8) is 0 Å². The van der Waals surface area contributed by atoms with Gasteiger partial charge in [0.05, 0.1) is 17.8 Å². The number of anilines is 1. The number of fused-ring (bicyclic) bond motifs is 1. The van der Waals surface area contributed by atoms with Crippen molar-refractivity contribution >= 4 is 28.8 Å². The van der Waals surface area contributed by atoms with Crippen LogP contribution in [-0.2, 0) is 4.79 Å². The van der Waals surface area contributed by atoms with Gasteiger partial charge < -0.3 is 5.32 Å². The lowest BCUT2D eigenvalue weighted by molar-refractivity contribution is -0.680. The summed E-state index contributed by atoms with van der Waals surface area (Å²) in [4.78, 5) is 12.6. The predicted octanol–water partition coefficient (Wildman–Crippen LogP) is 3.10. The number of hydrogen-bond acceptors (Lipinski definition) is 2. The second-order valence-corrected chi connectivity index (χ2v) is 5.46. The summed E-state index contributed by atoms with van der Waals surface area (Å²) in [6.07, 6.45) is 3.56. The van der Waals surface area contributed by atoms with Gasteiger partial charge in [-0.25, -0.2) is 9.13 Å². The Hall–Kier alpha value is -3.39. The van der Waals surface area contributed by atoms with Crippen LogP contribution >= 0.6 is 0 Å². The Morgan fingerprint density at radius 3 is 2.88 bits per heavy atom. The molecule has 0 bridgehead atoms. The van der Waals surface area contributed by atoms with Crippen molar-refractivity contribution in [1.82, 2.24) is 4.57 Å². The van der Waals surface area contributed by atoms with Crippen molar-refractivity contribution < 1.29 is 9.36 Å². The number of benzene rings is 2. The fourth-order valence-electron chi connectivity index (χ4n) is 2.65. The molecule has 0 fully saturated rings. The summed E-state index contributed by atoms with van der Waals surface area (Å²) < 4.78 is 3.79. The summed E-state index contributed by atoms with van der Waals surface area (Å²) in [5.74, 6) is -0.151. The van der Waals surface area contributed by atoms with Gasteiger partial charge in [0.2, 0.25) is 6.33 Å². The number of amides is 1. The van der Waals surface area contributed by atoms with Crippen molar-refractivity contribution in [2.24, 2.45) is 0 Å². The molecule has 0 aliphatic carbocycles. The number of aromatic nitrogens is 2. The highest BCUT2D eigenvalue weighted by atomic mass is 16.2. The molecule has 1 atom stereocenters. The molecule has 3 rings (SSSR count). The molecule has 2 aromatic carbocycles. The SMILES string of the molecule is C=Cn1c[n+]([C@@H](C)C(=O)Nc2cccc(C#N)c2)c2ccccc21. The topological polar surface area (TPSA) is 61.7 Å². The Labute approximate surface area is 140 Å². The van der Waals surface area contributed by atoms with E-state index in [1.165, 1.54) is 0 Å². The van der Waals surface area contributed by atoms with E-state index in [0.29, 0.717) is 11.3 Å². The van der Waals surface area contributed by atoms with Gasteiger partial charge in [0.1, 0.15) is 0 Å². The van der Waals surface area contributed by atoms with E-state index in [2.05, 4.69) is 18.0 Å². The summed E-state index contributed by atoms with van der Waals surface area (Å²) in [7, 11) is 0. The zero-order chi connectivity index (χ0) is 17.1. The zero-order valence-corrected chi connectivity index (χ0v) is 13.3. The van der Waals surface area contributed by atoms with Crippen LogP contribution in [0.2, 0.25) is 0 Å². The molecule has 1 heterocycles. The molecule has 0 aliphatic heterocycles. The van der Waals surface area contributed by atoms with Crippen LogP contribution in [0, 0.1) is 11.3 Å². The van der Waals surface area contributed by atoms with E-state index < -0.39 is 6.04 Å².